The van der Waals surface area contributed by atoms with Crippen molar-refractivity contribution in [2.24, 2.45) is 0 Å². The molecule has 0 unspecified atom stereocenters. The first-order valence-corrected chi connectivity index (χ1v) is 6.27. The number of aromatic nitrogens is 1. The van der Waals surface area contributed by atoms with E-state index in [9.17, 15) is 9.50 Å². The van der Waals surface area contributed by atoms with E-state index in [0.717, 1.165) is 5.56 Å². The number of nitrogens with one attached hydrogen (secondary N) is 1. The maximum atomic E-state index is 13.4. The van der Waals surface area contributed by atoms with Crippen LogP contribution in [0.25, 0.3) is 0 Å². The summed E-state index contributed by atoms with van der Waals surface area (Å²) in [6, 6.07) is 12.2. The molecule has 0 fully saturated rings. The number of halogens is 1. The molecule has 2 atom stereocenters. The number of hydrogen-bond acceptors (Lipinski definition) is 3. The summed E-state index contributed by atoms with van der Waals surface area (Å²) in [6.45, 7) is 1.89. The van der Waals surface area contributed by atoms with Gasteiger partial charge in [-0.2, -0.15) is 0 Å². The van der Waals surface area contributed by atoms with Gasteiger partial charge in [0.05, 0.1) is 6.10 Å². The summed E-state index contributed by atoms with van der Waals surface area (Å²) in [5, 5.41) is 13.0. The van der Waals surface area contributed by atoms with Crippen molar-refractivity contribution in [3.05, 3.63) is 60.0 Å². The van der Waals surface area contributed by atoms with E-state index in [1.54, 1.807) is 6.07 Å². The summed E-state index contributed by atoms with van der Waals surface area (Å²) in [4.78, 5) is 3.93. The molecule has 0 aliphatic heterocycles. The SMILES string of the molecule is C[C@@H](C[C@H](O)c1ccccc1)Nc1ncccc1F. The zero-order chi connectivity index (χ0) is 13.7. The second kappa shape index (κ2) is 6.29. The Balaban J connectivity index is 1.95. The van der Waals surface area contributed by atoms with Gasteiger partial charge in [0.15, 0.2) is 11.6 Å². The highest BCUT2D eigenvalue weighted by Gasteiger charge is 2.13. The minimum Gasteiger partial charge on any atom is -0.388 e. The highest BCUT2D eigenvalue weighted by Crippen LogP contribution is 2.20. The normalized spacial score (nSPS) is 13.8. The second-order valence-corrected chi connectivity index (χ2v) is 4.54. The van der Waals surface area contributed by atoms with Crippen molar-refractivity contribution in [3.63, 3.8) is 0 Å². The quantitative estimate of drug-likeness (QED) is 0.868. The van der Waals surface area contributed by atoms with E-state index < -0.39 is 6.10 Å². The Morgan fingerprint density at radius 2 is 1.95 bits per heavy atom. The van der Waals surface area contributed by atoms with Crippen molar-refractivity contribution in [3.8, 4) is 0 Å². The lowest BCUT2D eigenvalue weighted by atomic mass is 10.0. The minimum absolute atomic E-state index is 0.0837. The van der Waals surface area contributed by atoms with Gasteiger partial charge in [0.2, 0.25) is 0 Å². The van der Waals surface area contributed by atoms with Crippen molar-refractivity contribution in [1.29, 1.82) is 0 Å². The molecule has 0 amide bonds. The molecule has 0 saturated carbocycles. The number of benzene rings is 1. The number of nitrogens with zero attached hydrogens (tertiary/aromatic N) is 1. The molecule has 100 valence electrons. The monoisotopic (exact) mass is 260 g/mol. The first-order chi connectivity index (χ1) is 9.16. The Hall–Kier alpha value is -1.94. The smallest absolute Gasteiger partial charge is 0.165 e. The second-order valence-electron chi connectivity index (χ2n) is 4.54. The number of pyridine rings is 1. The largest absolute Gasteiger partial charge is 0.388 e. The van der Waals surface area contributed by atoms with E-state index in [0.29, 0.717) is 6.42 Å². The number of anilines is 1. The van der Waals surface area contributed by atoms with Gasteiger partial charge in [0, 0.05) is 12.2 Å². The number of aliphatic hydroxyl groups excluding tert-OH is 1. The molecule has 1 heterocycles. The van der Waals surface area contributed by atoms with Crippen LogP contribution in [0.4, 0.5) is 10.2 Å². The fourth-order valence-electron chi connectivity index (χ4n) is 1.93. The Morgan fingerprint density at radius 3 is 2.63 bits per heavy atom. The van der Waals surface area contributed by atoms with Crippen molar-refractivity contribution < 1.29 is 9.50 Å². The van der Waals surface area contributed by atoms with Crippen LogP contribution in [-0.2, 0) is 0 Å². The highest BCUT2D eigenvalue weighted by molar-refractivity contribution is 5.36. The van der Waals surface area contributed by atoms with Crippen molar-refractivity contribution >= 4 is 5.82 Å². The molecular weight excluding hydrogens is 243 g/mol. The van der Waals surface area contributed by atoms with Crippen molar-refractivity contribution in [2.45, 2.75) is 25.5 Å². The molecular formula is C15H17FN2O. The molecule has 1 aromatic heterocycles. The van der Waals surface area contributed by atoms with Gasteiger partial charge in [0.1, 0.15) is 0 Å². The van der Waals surface area contributed by atoms with Crippen LogP contribution < -0.4 is 5.32 Å². The summed E-state index contributed by atoms with van der Waals surface area (Å²) in [5.41, 5.74) is 0.859. The van der Waals surface area contributed by atoms with Crippen LogP contribution in [0.5, 0.6) is 0 Å². The molecule has 0 saturated heterocycles. The lowest BCUT2D eigenvalue weighted by Gasteiger charge is -2.18. The van der Waals surface area contributed by atoms with Crippen molar-refractivity contribution in [2.75, 3.05) is 5.32 Å². The Kier molecular flexibility index (Phi) is 4.47. The van der Waals surface area contributed by atoms with Crippen LogP contribution >= 0.6 is 0 Å². The molecule has 3 nitrogen and oxygen atoms in total. The Labute approximate surface area is 112 Å². The molecule has 19 heavy (non-hydrogen) atoms. The maximum absolute atomic E-state index is 13.4. The maximum Gasteiger partial charge on any atom is 0.165 e. The van der Waals surface area contributed by atoms with E-state index in [4.69, 9.17) is 0 Å². The highest BCUT2D eigenvalue weighted by atomic mass is 19.1. The summed E-state index contributed by atoms with van der Waals surface area (Å²) < 4.78 is 13.4. The summed E-state index contributed by atoms with van der Waals surface area (Å²) in [6.07, 6.45) is 1.45. The van der Waals surface area contributed by atoms with Crippen LogP contribution in [0.15, 0.2) is 48.7 Å². The standard InChI is InChI=1S/C15H17FN2O/c1-11(18-15-13(16)8-5-9-17-15)10-14(19)12-6-3-2-4-7-12/h2-9,11,14,19H,10H2,1H3,(H,17,18)/t11-,14-/m0/s1. The third-order valence-electron chi connectivity index (χ3n) is 2.90. The molecule has 2 aromatic rings. The zero-order valence-corrected chi connectivity index (χ0v) is 10.8. The van der Waals surface area contributed by atoms with Gasteiger partial charge < -0.3 is 10.4 Å². The molecule has 0 aliphatic rings. The zero-order valence-electron chi connectivity index (χ0n) is 10.8. The first kappa shape index (κ1) is 13.5. The Morgan fingerprint density at radius 1 is 1.21 bits per heavy atom. The van der Waals surface area contributed by atoms with Gasteiger partial charge in [-0.3, -0.25) is 0 Å². The average Bonchev–Trinajstić information content (AvgIpc) is 2.42. The van der Waals surface area contributed by atoms with Gasteiger partial charge in [-0.05, 0) is 31.0 Å². The van der Waals surface area contributed by atoms with Crippen LogP contribution in [-0.4, -0.2) is 16.1 Å². The predicted molar refractivity (Wildman–Crippen MR) is 73.3 cm³/mol. The van der Waals surface area contributed by atoms with E-state index in [1.165, 1.54) is 12.3 Å². The van der Waals surface area contributed by atoms with E-state index in [-0.39, 0.29) is 17.7 Å². The minimum atomic E-state index is -0.574. The van der Waals surface area contributed by atoms with E-state index in [1.807, 2.05) is 37.3 Å². The predicted octanol–water partition coefficient (Wildman–Crippen LogP) is 3.14. The van der Waals surface area contributed by atoms with Crippen LogP contribution in [0, 0.1) is 5.82 Å². The van der Waals surface area contributed by atoms with Crippen molar-refractivity contribution in [1.82, 2.24) is 4.98 Å². The number of aliphatic hydroxyl groups is 1. The topological polar surface area (TPSA) is 45.1 Å². The lowest BCUT2D eigenvalue weighted by Crippen LogP contribution is -2.20. The Bertz CT molecular complexity index is 519. The fraction of sp³-hybridized carbons (Fsp3) is 0.267. The molecule has 2 N–H and O–H groups in total. The summed E-state index contributed by atoms with van der Waals surface area (Å²) in [7, 11) is 0. The van der Waals surface area contributed by atoms with Gasteiger partial charge in [0.25, 0.3) is 0 Å². The number of hydrogen-bond donors (Lipinski definition) is 2. The first-order valence-electron chi connectivity index (χ1n) is 6.27. The summed E-state index contributed by atoms with van der Waals surface area (Å²) in [5.74, 6) is -0.168. The average molecular weight is 260 g/mol. The van der Waals surface area contributed by atoms with Gasteiger partial charge in [-0.1, -0.05) is 30.3 Å². The molecule has 0 aliphatic carbocycles. The lowest BCUT2D eigenvalue weighted by molar-refractivity contribution is 0.162. The molecule has 2 rings (SSSR count). The van der Waals surface area contributed by atoms with Gasteiger partial charge in [-0.25, -0.2) is 9.37 Å². The summed E-state index contributed by atoms with van der Waals surface area (Å²) >= 11 is 0. The number of rotatable bonds is 5. The van der Waals surface area contributed by atoms with Crippen LogP contribution in [0.1, 0.15) is 25.0 Å². The van der Waals surface area contributed by atoms with Crippen LogP contribution in [0.2, 0.25) is 0 Å². The molecule has 4 heteroatoms. The molecule has 0 radical (unpaired) electrons. The van der Waals surface area contributed by atoms with E-state index >= 15 is 0 Å². The third-order valence-corrected chi connectivity index (χ3v) is 2.90. The fourth-order valence-corrected chi connectivity index (χ4v) is 1.93. The van der Waals surface area contributed by atoms with Crippen LogP contribution in [0.3, 0.4) is 0 Å². The molecule has 1 aromatic carbocycles. The van der Waals surface area contributed by atoms with E-state index in [2.05, 4.69) is 10.3 Å². The van der Waals surface area contributed by atoms with Gasteiger partial charge >= 0.3 is 0 Å². The van der Waals surface area contributed by atoms with Gasteiger partial charge in [-0.15, -0.1) is 0 Å². The third kappa shape index (κ3) is 3.76. The molecule has 0 spiro atoms. The molecule has 0 bridgehead atoms.